The van der Waals surface area contributed by atoms with Crippen LogP contribution >= 0.6 is 0 Å². The summed E-state index contributed by atoms with van der Waals surface area (Å²) in [5.41, 5.74) is 0.689. The molecule has 1 N–H and O–H groups in total. The number of carbonyl (C=O) groups excluding carboxylic acids is 2. The highest BCUT2D eigenvalue weighted by molar-refractivity contribution is 5.97. The summed E-state index contributed by atoms with van der Waals surface area (Å²) in [4.78, 5) is 27.6. The normalized spacial score (nSPS) is 11.2. The number of aryl methyl sites for hydroxylation is 2. The molecule has 1 aromatic carbocycles. The van der Waals surface area contributed by atoms with Crippen LogP contribution in [0.25, 0.3) is 0 Å². The van der Waals surface area contributed by atoms with E-state index in [0.717, 1.165) is 12.1 Å². The number of pyridine rings is 1. The molecule has 2 rings (SSSR count). The monoisotopic (exact) mass is 394 g/mol. The van der Waals surface area contributed by atoms with E-state index in [1.54, 1.807) is 19.9 Å². The zero-order valence-corrected chi connectivity index (χ0v) is 15.8. The lowest BCUT2D eigenvalue weighted by Gasteiger charge is -2.12. The van der Waals surface area contributed by atoms with Crippen LogP contribution in [0.15, 0.2) is 30.3 Å². The molecule has 0 bridgehead atoms. The third-order valence-electron chi connectivity index (χ3n) is 3.89. The topological polar surface area (TPSA) is 68.3 Å². The number of hydrogen-bond acceptors (Lipinski definition) is 4. The maximum Gasteiger partial charge on any atom is 0.416 e. The summed E-state index contributed by atoms with van der Waals surface area (Å²) in [7, 11) is 0. The number of nitrogens with one attached hydrogen (secondary N) is 1. The third-order valence-corrected chi connectivity index (χ3v) is 3.89. The van der Waals surface area contributed by atoms with Crippen LogP contribution in [0.1, 0.15) is 46.9 Å². The van der Waals surface area contributed by atoms with Crippen LogP contribution in [0.4, 0.5) is 19.0 Å². The van der Waals surface area contributed by atoms with Crippen LogP contribution in [0.5, 0.6) is 5.75 Å². The molecule has 28 heavy (non-hydrogen) atoms. The number of alkyl halides is 3. The number of nitrogens with zero attached hydrogens (tertiary/aromatic N) is 1. The number of benzene rings is 1. The molecule has 0 spiro atoms. The molecule has 8 heteroatoms. The number of aromatic nitrogens is 1. The van der Waals surface area contributed by atoms with Gasteiger partial charge in [-0.2, -0.15) is 13.2 Å². The Balaban J connectivity index is 1.91. The first-order chi connectivity index (χ1) is 13.1. The zero-order valence-electron chi connectivity index (χ0n) is 15.8. The van der Waals surface area contributed by atoms with Gasteiger partial charge in [0.2, 0.25) is 5.91 Å². The Morgan fingerprint density at radius 1 is 1.14 bits per heavy atom. The average molecular weight is 394 g/mol. The second-order valence-corrected chi connectivity index (χ2v) is 6.42. The number of Topliss-reactive ketones (excluding diaryl/α,β-unsaturated/α-hetero) is 1. The summed E-state index contributed by atoms with van der Waals surface area (Å²) in [6.07, 6.45) is -3.80. The highest BCUT2D eigenvalue weighted by Crippen LogP contribution is 2.32. The number of halogens is 3. The summed E-state index contributed by atoms with van der Waals surface area (Å²) in [6.45, 7) is 4.81. The summed E-state index contributed by atoms with van der Waals surface area (Å²) in [5, 5.41) is 2.54. The molecule has 0 aliphatic carbocycles. The van der Waals surface area contributed by atoms with Crippen molar-refractivity contribution in [2.24, 2.45) is 0 Å². The largest absolute Gasteiger partial charge is 0.493 e. The van der Waals surface area contributed by atoms with E-state index < -0.39 is 11.7 Å². The molecule has 150 valence electrons. The minimum atomic E-state index is -4.39. The number of rotatable bonds is 7. The Kier molecular flexibility index (Phi) is 6.77. The van der Waals surface area contributed by atoms with Crippen LogP contribution in [-0.2, 0) is 11.0 Å². The molecule has 0 saturated carbocycles. The second kappa shape index (κ2) is 8.86. The van der Waals surface area contributed by atoms with Gasteiger partial charge in [-0.05, 0) is 56.2 Å². The van der Waals surface area contributed by atoms with Crippen LogP contribution in [-0.4, -0.2) is 23.3 Å². The summed E-state index contributed by atoms with van der Waals surface area (Å²) in [5.74, 6) is 0.252. The van der Waals surface area contributed by atoms with E-state index in [-0.39, 0.29) is 24.7 Å². The first-order valence-corrected chi connectivity index (χ1v) is 8.66. The molecular weight excluding hydrogens is 373 g/mol. The molecule has 0 atom stereocenters. The standard InChI is InChI=1S/C20H21F3N2O3/c1-12-9-16(20(21,22)23)6-7-18(12)28-8-4-5-17(27)15-10-13(2)24-19(11-15)25-14(3)26/h6-7,9-11H,4-5,8H2,1-3H3,(H,24,25,26). The fourth-order valence-corrected chi connectivity index (χ4v) is 2.62. The lowest BCUT2D eigenvalue weighted by molar-refractivity contribution is -0.137. The van der Waals surface area contributed by atoms with Crippen molar-refractivity contribution in [2.75, 3.05) is 11.9 Å². The SMILES string of the molecule is CC(=O)Nc1cc(C(=O)CCCOc2ccc(C(F)(F)F)cc2C)cc(C)n1. The molecule has 1 aromatic heterocycles. The quantitative estimate of drug-likeness (QED) is 0.545. The second-order valence-electron chi connectivity index (χ2n) is 6.42. The van der Waals surface area contributed by atoms with E-state index in [9.17, 15) is 22.8 Å². The van der Waals surface area contributed by atoms with Gasteiger partial charge < -0.3 is 10.1 Å². The fourth-order valence-electron chi connectivity index (χ4n) is 2.62. The van der Waals surface area contributed by atoms with Crippen molar-refractivity contribution in [1.82, 2.24) is 4.98 Å². The molecule has 0 aliphatic rings. The molecule has 1 amide bonds. The number of carbonyl (C=O) groups is 2. The maximum absolute atomic E-state index is 12.7. The lowest BCUT2D eigenvalue weighted by atomic mass is 10.1. The van der Waals surface area contributed by atoms with Gasteiger partial charge in [-0.15, -0.1) is 0 Å². The van der Waals surface area contributed by atoms with E-state index in [0.29, 0.717) is 34.8 Å². The first-order valence-electron chi connectivity index (χ1n) is 8.66. The van der Waals surface area contributed by atoms with Crippen LogP contribution in [0.3, 0.4) is 0 Å². The Bertz CT molecular complexity index is 879. The van der Waals surface area contributed by atoms with Gasteiger partial charge in [0.1, 0.15) is 11.6 Å². The number of amides is 1. The van der Waals surface area contributed by atoms with Gasteiger partial charge in [0.05, 0.1) is 12.2 Å². The molecule has 2 aromatic rings. The first kappa shape index (κ1) is 21.4. The van der Waals surface area contributed by atoms with Gasteiger partial charge in [0.15, 0.2) is 5.78 Å². The van der Waals surface area contributed by atoms with E-state index in [2.05, 4.69) is 10.3 Å². The van der Waals surface area contributed by atoms with Gasteiger partial charge in [-0.1, -0.05) is 0 Å². The molecule has 0 fully saturated rings. The molecule has 0 radical (unpaired) electrons. The van der Waals surface area contributed by atoms with E-state index in [1.165, 1.54) is 19.1 Å². The average Bonchev–Trinajstić information content (AvgIpc) is 2.57. The highest BCUT2D eigenvalue weighted by atomic mass is 19.4. The molecular formula is C20H21F3N2O3. The van der Waals surface area contributed by atoms with Crippen molar-refractivity contribution >= 4 is 17.5 Å². The van der Waals surface area contributed by atoms with Gasteiger partial charge in [0.25, 0.3) is 0 Å². The zero-order chi connectivity index (χ0) is 20.9. The van der Waals surface area contributed by atoms with Crippen molar-refractivity contribution in [2.45, 2.75) is 39.8 Å². The van der Waals surface area contributed by atoms with E-state index in [4.69, 9.17) is 4.74 Å². The third kappa shape index (κ3) is 6.07. The Morgan fingerprint density at radius 2 is 1.86 bits per heavy atom. The van der Waals surface area contributed by atoms with Crippen LogP contribution in [0.2, 0.25) is 0 Å². The fraction of sp³-hybridized carbons (Fsp3) is 0.350. The number of anilines is 1. The Morgan fingerprint density at radius 3 is 2.46 bits per heavy atom. The van der Waals surface area contributed by atoms with Gasteiger partial charge in [-0.3, -0.25) is 9.59 Å². The smallest absolute Gasteiger partial charge is 0.416 e. The van der Waals surface area contributed by atoms with Crippen molar-refractivity contribution in [1.29, 1.82) is 0 Å². The van der Waals surface area contributed by atoms with Gasteiger partial charge >= 0.3 is 6.18 Å². The molecule has 0 saturated heterocycles. The molecule has 0 unspecified atom stereocenters. The van der Waals surface area contributed by atoms with Gasteiger partial charge in [-0.25, -0.2) is 4.98 Å². The number of hydrogen-bond donors (Lipinski definition) is 1. The molecule has 1 heterocycles. The van der Waals surface area contributed by atoms with Gasteiger partial charge in [0, 0.05) is 24.6 Å². The van der Waals surface area contributed by atoms with Crippen molar-refractivity contribution in [3.63, 3.8) is 0 Å². The molecule has 0 aliphatic heterocycles. The van der Waals surface area contributed by atoms with E-state index in [1.807, 2.05) is 0 Å². The van der Waals surface area contributed by atoms with Crippen LogP contribution < -0.4 is 10.1 Å². The lowest BCUT2D eigenvalue weighted by Crippen LogP contribution is -2.10. The highest BCUT2D eigenvalue weighted by Gasteiger charge is 2.30. The predicted molar refractivity (Wildman–Crippen MR) is 98.5 cm³/mol. The minimum absolute atomic E-state index is 0.134. The summed E-state index contributed by atoms with van der Waals surface area (Å²) >= 11 is 0. The summed E-state index contributed by atoms with van der Waals surface area (Å²) < 4.78 is 43.5. The maximum atomic E-state index is 12.7. The van der Waals surface area contributed by atoms with Crippen molar-refractivity contribution in [3.05, 3.63) is 52.7 Å². The Labute approximate surface area is 160 Å². The van der Waals surface area contributed by atoms with Crippen LogP contribution in [0, 0.1) is 13.8 Å². The summed E-state index contributed by atoms with van der Waals surface area (Å²) in [6, 6.07) is 6.43. The Hall–Kier alpha value is -2.90. The minimum Gasteiger partial charge on any atom is -0.493 e. The number of ketones is 1. The van der Waals surface area contributed by atoms with E-state index >= 15 is 0 Å². The van der Waals surface area contributed by atoms with Crippen molar-refractivity contribution < 1.29 is 27.5 Å². The van der Waals surface area contributed by atoms with Crippen molar-refractivity contribution in [3.8, 4) is 5.75 Å². The number of ether oxygens (including phenoxy) is 1. The molecule has 5 nitrogen and oxygen atoms in total. The predicted octanol–water partition coefficient (Wildman–Crippen LogP) is 4.72.